The molecule has 1 aromatic carbocycles. The van der Waals surface area contributed by atoms with Crippen LogP contribution in [0.25, 0.3) is 11.1 Å². The Morgan fingerprint density at radius 3 is 2.50 bits per heavy atom. The number of hydrazine groups is 1. The fourth-order valence-electron chi connectivity index (χ4n) is 2.03. The van der Waals surface area contributed by atoms with Gasteiger partial charge in [0.25, 0.3) is 0 Å². The van der Waals surface area contributed by atoms with Crippen molar-refractivity contribution >= 4 is 16.8 Å². The van der Waals surface area contributed by atoms with Crippen molar-refractivity contribution in [3.05, 3.63) is 47.7 Å². The van der Waals surface area contributed by atoms with Crippen LogP contribution in [0, 0.1) is 0 Å². The summed E-state index contributed by atoms with van der Waals surface area (Å²) in [6.07, 6.45) is 1.49. The Bertz CT molecular complexity index is 717. The van der Waals surface area contributed by atoms with Gasteiger partial charge >= 0.3 is 0 Å². The molecule has 0 amide bonds. The average Bonchev–Trinajstić information content (AvgIpc) is 2.56. The van der Waals surface area contributed by atoms with Gasteiger partial charge in [0.2, 0.25) is 0 Å². The number of rotatable bonds is 4. The highest BCUT2D eigenvalue weighted by atomic mass is 32.2. The number of aromatic nitrogens is 1. The molecule has 0 radical (unpaired) electrons. The molecule has 1 atom stereocenters. The minimum atomic E-state index is -1.84. The van der Waals surface area contributed by atoms with Gasteiger partial charge in [-0.1, -0.05) is 24.3 Å². The molecule has 0 aliphatic heterocycles. The van der Waals surface area contributed by atoms with Gasteiger partial charge in [-0.15, -0.1) is 0 Å². The Balaban J connectivity index is 2.68. The number of hydrazone groups is 1. The lowest BCUT2D eigenvalue weighted by molar-refractivity contribution is 0.282. The second kappa shape index (κ2) is 7.09. The lowest BCUT2D eigenvalue weighted by Gasteiger charge is -2.14. The van der Waals surface area contributed by atoms with E-state index in [0.29, 0.717) is 11.1 Å². The van der Waals surface area contributed by atoms with Gasteiger partial charge in [-0.3, -0.25) is 0 Å². The molecule has 22 heavy (non-hydrogen) atoms. The number of amidine groups is 1. The molecule has 0 saturated heterocycles. The highest BCUT2D eigenvalue weighted by Gasteiger charge is 2.19. The molecule has 1 unspecified atom stereocenters. The molecule has 0 fully saturated rings. The third kappa shape index (κ3) is 3.12. The van der Waals surface area contributed by atoms with E-state index in [1.807, 2.05) is 0 Å². The van der Waals surface area contributed by atoms with E-state index in [1.54, 1.807) is 30.3 Å². The number of nitrogens with two attached hydrogens (primary N) is 3. The van der Waals surface area contributed by atoms with Gasteiger partial charge in [0.05, 0.1) is 12.2 Å². The van der Waals surface area contributed by atoms with E-state index in [-0.39, 0.29) is 17.5 Å². The van der Waals surface area contributed by atoms with Crippen molar-refractivity contribution in [3.8, 4) is 11.1 Å². The summed E-state index contributed by atoms with van der Waals surface area (Å²) < 4.78 is 11.7. The highest BCUT2D eigenvalue weighted by Crippen LogP contribution is 2.26. The summed E-state index contributed by atoms with van der Waals surface area (Å²) in [5, 5.41) is 18.2. The first-order chi connectivity index (χ1) is 10.6. The molecular weight excluding hydrogens is 304 g/mol. The number of aliphatic hydroxyl groups is 1. The quantitative estimate of drug-likeness (QED) is 0.217. The van der Waals surface area contributed by atoms with E-state index in [4.69, 9.17) is 21.9 Å². The first kappa shape index (κ1) is 16.0. The molecule has 116 valence electrons. The van der Waals surface area contributed by atoms with E-state index in [1.165, 1.54) is 6.20 Å². The van der Waals surface area contributed by atoms with Crippen LogP contribution in [0.4, 0.5) is 0 Å². The van der Waals surface area contributed by atoms with Crippen LogP contribution in [0.15, 0.2) is 46.7 Å². The van der Waals surface area contributed by atoms with Crippen LogP contribution in [-0.4, -0.2) is 20.1 Å². The standard InChI is InChI=1S/C13H16N6O2S/c14-18-12(19-15)11-10(5-6-17-13(11)22(16)21)9-3-1-8(7-20)2-4-9/h1-6,20H,7,14-16H2,(H,18,19). The molecule has 0 aliphatic rings. The second-order valence-electron chi connectivity index (χ2n) is 4.31. The van der Waals surface area contributed by atoms with E-state index in [2.05, 4.69) is 15.5 Å². The number of benzene rings is 1. The van der Waals surface area contributed by atoms with Crippen molar-refractivity contribution in [3.63, 3.8) is 0 Å². The molecule has 1 heterocycles. The number of hydrogen-bond acceptors (Lipinski definition) is 6. The third-order valence-corrected chi connectivity index (χ3v) is 3.75. The minimum Gasteiger partial charge on any atom is -0.392 e. The van der Waals surface area contributed by atoms with Crippen molar-refractivity contribution in [2.75, 3.05) is 0 Å². The molecule has 8 nitrogen and oxygen atoms in total. The topological polar surface area (TPSA) is 153 Å². The number of nitrogens with one attached hydrogen (secondary N) is 1. The van der Waals surface area contributed by atoms with Gasteiger partial charge in [-0.2, -0.15) is 5.10 Å². The van der Waals surface area contributed by atoms with Crippen LogP contribution in [0.2, 0.25) is 0 Å². The number of hydrogen-bond donors (Lipinski definition) is 5. The zero-order valence-electron chi connectivity index (χ0n) is 11.6. The Morgan fingerprint density at radius 2 is 2.00 bits per heavy atom. The van der Waals surface area contributed by atoms with Gasteiger partial charge in [-0.05, 0) is 22.8 Å². The van der Waals surface area contributed by atoms with E-state index in [9.17, 15) is 4.21 Å². The van der Waals surface area contributed by atoms with E-state index in [0.717, 1.165) is 11.1 Å². The first-order valence-corrected chi connectivity index (χ1v) is 7.43. The molecule has 8 N–H and O–H groups in total. The molecule has 0 aliphatic carbocycles. The normalized spacial score (nSPS) is 13.0. The molecule has 0 saturated carbocycles. The van der Waals surface area contributed by atoms with Crippen molar-refractivity contribution in [2.24, 2.45) is 21.9 Å². The maximum Gasteiger partial charge on any atom is 0.170 e. The summed E-state index contributed by atoms with van der Waals surface area (Å²) in [6.45, 7) is -0.0542. The molecular formula is C13H16N6O2S. The van der Waals surface area contributed by atoms with Crippen LogP contribution in [0.5, 0.6) is 0 Å². The average molecular weight is 320 g/mol. The third-order valence-electron chi connectivity index (χ3n) is 3.06. The summed E-state index contributed by atoms with van der Waals surface area (Å²) >= 11 is 0. The van der Waals surface area contributed by atoms with Gasteiger partial charge < -0.3 is 16.4 Å². The van der Waals surface area contributed by atoms with Crippen molar-refractivity contribution in [1.29, 1.82) is 0 Å². The summed E-state index contributed by atoms with van der Waals surface area (Å²) in [6, 6.07) is 8.86. The molecule has 2 rings (SSSR count). The molecule has 9 heteroatoms. The lowest BCUT2D eigenvalue weighted by Crippen LogP contribution is -2.34. The zero-order chi connectivity index (χ0) is 16.1. The van der Waals surface area contributed by atoms with Crippen LogP contribution >= 0.6 is 0 Å². The van der Waals surface area contributed by atoms with E-state index < -0.39 is 11.0 Å². The van der Waals surface area contributed by atoms with Gasteiger partial charge in [-0.25, -0.2) is 20.2 Å². The molecule has 1 aromatic heterocycles. The Kier molecular flexibility index (Phi) is 5.17. The fourth-order valence-corrected chi connectivity index (χ4v) is 2.60. The van der Waals surface area contributed by atoms with Gasteiger partial charge in [0, 0.05) is 6.20 Å². The number of pyridine rings is 1. The summed E-state index contributed by atoms with van der Waals surface area (Å²) in [5.74, 6) is 10.9. The summed E-state index contributed by atoms with van der Waals surface area (Å²) in [5.41, 5.74) is 4.94. The predicted molar refractivity (Wildman–Crippen MR) is 84.2 cm³/mol. The monoisotopic (exact) mass is 320 g/mol. The van der Waals surface area contributed by atoms with Crippen molar-refractivity contribution in [1.82, 2.24) is 10.4 Å². The van der Waals surface area contributed by atoms with Crippen molar-refractivity contribution in [2.45, 2.75) is 11.6 Å². The lowest BCUT2D eigenvalue weighted by atomic mass is 10.00. The van der Waals surface area contributed by atoms with Gasteiger partial charge in [0.15, 0.2) is 10.9 Å². The second-order valence-corrected chi connectivity index (χ2v) is 5.29. The van der Waals surface area contributed by atoms with Gasteiger partial charge in [0.1, 0.15) is 11.0 Å². The van der Waals surface area contributed by atoms with Crippen LogP contribution < -0.4 is 22.3 Å². The number of aliphatic hydroxyl groups excluding tert-OH is 1. The Morgan fingerprint density at radius 1 is 1.32 bits per heavy atom. The van der Waals surface area contributed by atoms with E-state index >= 15 is 0 Å². The Labute approximate surface area is 129 Å². The summed E-state index contributed by atoms with van der Waals surface area (Å²) in [7, 11) is -1.84. The van der Waals surface area contributed by atoms with Crippen LogP contribution in [0.1, 0.15) is 11.1 Å². The maximum atomic E-state index is 11.7. The van der Waals surface area contributed by atoms with Crippen LogP contribution in [-0.2, 0) is 17.6 Å². The summed E-state index contributed by atoms with van der Waals surface area (Å²) in [4.78, 5) is 4.02. The highest BCUT2D eigenvalue weighted by molar-refractivity contribution is 7.82. The van der Waals surface area contributed by atoms with Crippen molar-refractivity contribution < 1.29 is 9.32 Å². The smallest absolute Gasteiger partial charge is 0.170 e. The molecule has 0 bridgehead atoms. The zero-order valence-corrected chi connectivity index (χ0v) is 12.4. The largest absolute Gasteiger partial charge is 0.392 e. The predicted octanol–water partition coefficient (Wildman–Crippen LogP) is -0.694. The SMILES string of the molecule is N/N=C(\NN)c1c(-c2ccc(CO)cc2)ccnc1S(N)=O. The molecule has 2 aromatic rings. The maximum absolute atomic E-state index is 11.7. The fraction of sp³-hybridized carbons (Fsp3) is 0.0769. The minimum absolute atomic E-state index is 0.0542. The first-order valence-electron chi connectivity index (χ1n) is 6.22. The Hall–Kier alpha value is -2.33. The molecule has 0 spiro atoms. The van der Waals surface area contributed by atoms with Crippen LogP contribution in [0.3, 0.4) is 0 Å². The number of nitrogens with zero attached hydrogens (tertiary/aromatic N) is 2.